The summed E-state index contributed by atoms with van der Waals surface area (Å²) in [6.45, 7) is 7.40. The number of amides is 2. The number of rotatable bonds is 8. The van der Waals surface area contributed by atoms with Gasteiger partial charge < -0.3 is 24.4 Å². The molecule has 1 N–H and O–H groups in total. The molecule has 1 aromatic heterocycles. The van der Waals surface area contributed by atoms with Gasteiger partial charge in [-0.15, -0.1) is 11.3 Å². The highest BCUT2D eigenvalue weighted by atomic mass is 32.1. The molecule has 0 atom stereocenters. The second-order valence-corrected chi connectivity index (χ2v) is 12.8. The SMILES string of the molecule is CC(C)(C)OC(=O)N1CCc2sc(CN(CCCC(=O)O)C(=O)OCC3c4ccccc4-c4ccccc43)cc2C1. The van der Waals surface area contributed by atoms with Gasteiger partial charge in [-0.2, -0.15) is 0 Å². The van der Waals surface area contributed by atoms with Crippen LogP contribution in [0.3, 0.4) is 0 Å². The van der Waals surface area contributed by atoms with Crippen LogP contribution in [-0.2, 0) is 33.8 Å². The maximum Gasteiger partial charge on any atom is 0.410 e. The van der Waals surface area contributed by atoms with Gasteiger partial charge in [0.2, 0.25) is 0 Å². The molecule has 1 aliphatic heterocycles. The first-order chi connectivity index (χ1) is 19.6. The molecule has 0 fully saturated rings. The quantitative estimate of drug-likeness (QED) is 0.322. The number of aliphatic carboxylic acids is 1. The Balaban J connectivity index is 1.27. The smallest absolute Gasteiger partial charge is 0.410 e. The van der Waals surface area contributed by atoms with E-state index in [2.05, 4.69) is 24.3 Å². The highest BCUT2D eigenvalue weighted by molar-refractivity contribution is 7.12. The van der Waals surface area contributed by atoms with Crippen LogP contribution in [0.25, 0.3) is 11.1 Å². The molecule has 41 heavy (non-hydrogen) atoms. The lowest BCUT2D eigenvalue weighted by atomic mass is 9.98. The Hall–Kier alpha value is -3.85. The van der Waals surface area contributed by atoms with Crippen molar-refractivity contribution in [2.24, 2.45) is 0 Å². The molecule has 0 saturated heterocycles. The van der Waals surface area contributed by atoms with E-state index in [1.165, 1.54) is 4.88 Å². The zero-order valence-corrected chi connectivity index (χ0v) is 24.5. The molecule has 0 radical (unpaired) electrons. The second-order valence-electron chi connectivity index (χ2n) is 11.5. The maximum atomic E-state index is 13.4. The highest BCUT2D eigenvalue weighted by Crippen LogP contribution is 2.44. The van der Waals surface area contributed by atoms with Crippen molar-refractivity contribution in [3.8, 4) is 11.1 Å². The van der Waals surface area contributed by atoms with E-state index in [1.807, 2.05) is 51.1 Å². The van der Waals surface area contributed by atoms with Crippen molar-refractivity contribution >= 4 is 29.5 Å². The van der Waals surface area contributed by atoms with Crippen molar-refractivity contribution in [2.45, 2.75) is 64.6 Å². The number of fused-ring (bicyclic) bond motifs is 4. The fourth-order valence-corrected chi connectivity index (χ4v) is 6.67. The van der Waals surface area contributed by atoms with E-state index < -0.39 is 17.7 Å². The molecule has 1 aliphatic carbocycles. The van der Waals surface area contributed by atoms with Crippen LogP contribution in [0.2, 0.25) is 0 Å². The summed E-state index contributed by atoms with van der Waals surface area (Å²) >= 11 is 1.63. The van der Waals surface area contributed by atoms with Gasteiger partial charge in [0.25, 0.3) is 0 Å². The lowest BCUT2D eigenvalue weighted by molar-refractivity contribution is -0.137. The number of ether oxygens (including phenoxy) is 2. The number of hydrogen-bond donors (Lipinski definition) is 1. The highest BCUT2D eigenvalue weighted by Gasteiger charge is 2.31. The fourth-order valence-electron chi connectivity index (χ4n) is 5.48. The number of nitrogens with zero attached hydrogens (tertiary/aromatic N) is 2. The van der Waals surface area contributed by atoms with E-state index in [0.29, 0.717) is 26.1 Å². The van der Waals surface area contributed by atoms with Crippen molar-refractivity contribution in [3.05, 3.63) is 81.0 Å². The summed E-state index contributed by atoms with van der Waals surface area (Å²) in [6.07, 6.45) is 0.239. The predicted octanol–water partition coefficient (Wildman–Crippen LogP) is 6.66. The molecular weight excluding hydrogens is 540 g/mol. The van der Waals surface area contributed by atoms with Gasteiger partial charge in [0.05, 0.1) is 13.1 Å². The molecular formula is C32H36N2O6S. The van der Waals surface area contributed by atoms with Crippen LogP contribution in [0.5, 0.6) is 0 Å². The molecule has 2 amide bonds. The number of hydrogen-bond acceptors (Lipinski definition) is 6. The van der Waals surface area contributed by atoms with Crippen LogP contribution in [0, 0.1) is 0 Å². The van der Waals surface area contributed by atoms with E-state index in [-0.39, 0.29) is 31.6 Å². The van der Waals surface area contributed by atoms with E-state index in [0.717, 1.165) is 39.1 Å². The van der Waals surface area contributed by atoms with Crippen molar-refractivity contribution < 1.29 is 29.0 Å². The summed E-state index contributed by atoms with van der Waals surface area (Å²) in [5, 5.41) is 9.16. The van der Waals surface area contributed by atoms with Crippen molar-refractivity contribution in [2.75, 3.05) is 19.7 Å². The van der Waals surface area contributed by atoms with Crippen LogP contribution in [0.4, 0.5) is 9.59 Å². The zero-order chi connectivity index (χ0) is 29.1. The van der Waals surface area contributed by atoms with Crippen LogP contribution in [-0.4, -0.2) is 58.4 Å². The Morgan fingerprint density at radius 3 is 2.34 bits per heavy atom. The number of carboxylic acids is 1. The van der Waals surface area contributed by atoms with E-state index in [9.17, 15) is 14.4 Å². The van der Waals surface area contributed by atoms with Crippen molar-refractivity contribution in [1.29, 1.82) is 0 Å². The first kappa shape index (κ1) is 28.7. The Kier molecular flexibility index (Phi) is 8.35. The number of thiophene rings is 1. The molecule has 9 heteroatoms. The summed E-state index contributed by atoms with van der Waals surface area (Å²) in [6, 6.07) is 18.4. The Bertz CT molecular complexity index is 1400. The molecule has 2 aliphatic rings. The van der Waals surface area contributed by atoms with E-state index in [1.54, 1.807) is 21.1 Å². The summed E-state index contributed by atoms with van der Waals surface area (Å²) in [4.78, 5) is 42.7. The monoisotopic (exact) mass is 576 g/mol. The number of carboxylic acid groups (broad SMARTS) is 1. The Morgan fingerprint density at radius 2 is 1.71 bits per heavy atom. The zero-order valence-electron chi connectivity index (χ0n) is 23.7. The summed E-state index contributed by atoms with van der Waals surface area (Å²) < 4.78 is 11.4. The number of carbonyl (C=O) groups excluding carboxylic acids is 2. The van der Waals surface area contributed by atoms with Crippen LogP contribution in [0.15, 0.2) is 54.6 Å². The molecule has 2 aromatic carbocycles. The molecule has 8 nitrogen and oxygen atoms in total. The third-order valence-corrected chi connectivity index (χ3v) is 8.55. The molecule has 0 saturated carbocycles. The molecule has 2 heterocycles. The Morgan fingerprint density at radius 1 is 1.05 bits per heavy atom. The van der Waals surface area contributed by atoms with Crippen LogP contribution < -0.4 is 0 Å². The third-order valence-electron chi connectivity index (χ3n) is 7.33. The van der Waals surface area contributed by atoms with Crippen molar-refractivity contribution in [1.82, 2.24) is 9.80 Å². The lowest BCUT2D eigenvalue weighted by Crippen LogP contribution is -2.39. The maximum absolute atomic E-state index is 13.4. The van der Waals surface area contributed by atoms with Crippen LogP contribution >= 0.6 is 11.3 Å². The van der Waals surface area contributed by atoms with Gasteiger partial charge in [-0.3, -0.25) is 4.79 Å². The summed E-state index contributed by atoms with van der Waals surface area (Å²) in [7, 11) is 0. The van der Waals surface area contributed by atoms with E-state index in [4.69, 9.17) is 14.6 Å². The first-order valence-corrected chi connectivity index (χ1v) is 14.8. The minimum Gasteiger partial charge on any atom is -0.481 e. The van der Waals surface area contributed by atoms with Gasteiger partial charge in [0.15, 0.2) is 0 Å². The summed E-state index contributed by atoms with van der Waals surface area (Å²) in [5.41, 5.74) is 5.09. The molecule has 3 aromatic rings. The van der Waals surface area contributed by atoms with Gasteiger partial charge in [0.1, 0.15) is 12.2 Å². The van der Waals surface area contributed by atoms with Gasteiger partial charge in [-0.05, 0) is 67.5 Å². The molecule has 5 rings (SSSR count). The fraction of sp³-hybridized carbons (Fsp3) is 0.406. The van der Waals surface area contributed by atoms with Crippen molar-refractivity contribution in [3.63, 3.8) is 0 Å². The van der Waals surface area contributed by atoms with Gasteiger partial charge in [-0.1, -0.05) is 48.5 Å². The first-order valence-electron chi connectivity index (χ1n) is 14.0. The van der Waals surface area contributed by atoms with Gasteiger partial charge in [0, 0.05) is 35.2 Å². The number of benzene rings is 2. The predicted molar refractivity (Wildman–Crippen MR) is 157 cm³/mol. The molecule has 0 spiro atoms. The Labute approximate surface area is 244 Å². The van der Waals surface area contributed by atoms with E-state index >= 15 is 0 Å². The van der Waals surface area contributed by atoms with Gasteiger partial charge >= 0.3 is 18.2 Å². The molecule has 0 unspecified atom stereocenters. The standard InChI is InChI=1S/C32H36N2O6S/c1-32(2,3)40-31(38)34-16-14-28-21(18-34)17-22(41-28)19-33(15-8-13-29(35)36)30(37)39-20-27-25-11-6-4-9-23(25)24-10-5-7-12-26(24)27/h4-7,9-12,17,27H,8,13-16,18-20H2,1-3H3,(H,35,36). The average molecular weight is 577 g/mol. The molecule has 216 valence electrons. The minimum absolute atomic E-state index is 0.0288. The summed E-state index contributed by atoms with van der Waals surface area (Å²) in [5.74, 6) is -0.952. The largest absolute Gasteiger partial charge is 0.481 e. The normalized spacial score (nSPS) is 14.2. The lowest BCUT2D eigenvalue weighted by Gasteiger charge is -2.29. The van der Waals surface area contributed by atoms with Gasteiger partial charge in [-0.25, -0.2) is 9.59 Å². The molecule has 0 bridgehead atoms. The minimum atomic E-state index is -0.897. The van der Waals surface area contributed by atoms with Crippen LogP contribution in [0.1, 0.15) is 66.0 Å². The third kappa shape index (κ3) is 6.73. The second kappa shape index (κ2) is 11.9. The topological polar surface area (TPSA) is 96.4 Å². The number of carbonyl (C=O) groups is 3. The average Bonchev–Trinajstić information content (AvgIpc) is 3.48.